The number of carbonyl (C=O) groups excluding carboxylic acids is 1. The fraction of sp³-hybridized carbons (Fsp3) is 0.444. The Bertz CT molecular complexity index is 1760. The van der Waals surface area contributed by atoms with Crippen molar-refractivity contribution in [2.24, 2.45) is 5.92 Å². The molecule has 3 aromatic rings. The predicted molar refractivity (Wildman–Crippen MR) is 175 cm³/mol. The van der Waals surface area contributed by atoms with Crippen LogP contribution in [0.5, 0.6) is 17.2 Å². The number of aliphatic hydroxyl groups is 2. The van der Waals surface area contributed by atoms with Crippen molar-refractivity contribution in [3.8, 4) is 17.2 Å². The highest BCUT2D eigenvalue weighted by Gasteiger charge is 2.65. The van der Waals surface area contributed by atoms with Gasteiger partial charge in [0.05, 0.1) is 20.1 Å². The molecular weight excluding hydrogens is 638 g/mol. The van der Waals surface area contributed by atoms with Gasteiger partial charge in [-0.25, -0.2) is 9.59 Å². The van der Waals surface area contributed by atoms with Crippen LogP contribution in [0.2, 0.25) is 0 Å². The van der Waals surface area contributed by atoms with Crippen LogP contribution < -0.4 is 14.2 Å². The molecule has 0 radical (unpaired) electrons. The van der Waals surface area contributed by atoms with Crippen molar-refractivity contribution < 1.29 is 58.9 Å². The van der Waals surface area contributed by atoms with Crippen LogP contribution in [0.15, 0.2) is 48.5 Å². The zero-order valence-corrected chi connectivity index (χ0v) is 27.7. The van der Waals surface area contributed by atoms with Crippen molar-refractivity contribution in [2.75, 3.05) is 27.8 Å². The minimum absolute atomic E-state index is 0.0933. The SMILES string of the molecule is COc1ccc2c3c1O[C@H]1C(=O)CC[C@H]4[C@@H](C2)N(C)CC[C@]314.COc1ccc2cc([C@H](C)C(=O)O)ccc2c1.O=C(O)[C@H](O)[C@@H](O)C(=O)O. The summed E-state index contributed by atoms with van der Waals surface area (Å²) in [6.45, 7) is 2.73. The van der Waals surface area contributed by atoms with Gasteiger partial charge in [0.1, 0.15) is 5.75 Å². The highest BCUT2D eigenvalue weighted by Crippen LogP contribution is 2.63. The van der Waals surface area contributed by atoms with Gasteiger partial charge in [-0.15, -0.1) is 0 Å². The van der Waals surface area contributed by atoms with Gasteiger partial charge in [0.2, 0.25) is 0 Å². The van der Waals surface area contributed by atoms with E-state index in [1.54, 1.807) is 21.1 Å². The lowest BCUT2D eigenvalue weighted by Crippen LogP contribution is -2.65. The summed E-state index contributed by atoms with van der Waals surface area (Å²) in [5, 5.41) is 43.6. The molecule has 49 heavy (non-hydrogen) atoms. The molecule has 7 atom stereocenters. The first kappa shape index (κ1) is 35.6. The number of rotatable bonds is 7. The topological polar surface area (TPSA) is 200 Å². The number of hydrogen-bond donors (Lipinski definition) is 5. The standard InChI is InChI=1S/C18H21NO3.C14H14O3.C4H6O6/c1-19-8-7-18-11-4-5-13(20)17(18)22-16-14(21-2)6-3-10(15(16)18)9-12(11)19;1-9(14(15)16)10-3-4-12-8-13(17-2)6-5-11(12)7-10;5-1(3(7)8)2(6)4(9)10/h3,6,11-12,17H,4-5,7-9H2,1-2H3;3-9H,1-2H3,(H,15,16);1-2,5-6H,(H,7,8)(H,9,10)/t11-,12+,17-,18-;9-;1-,2-/m001/s1. The van der Waals surface area contributed by atoms with Crippen LogP contribution in [0.25, 0.3) is 10.8 Å². The van der Waals surface area contributed by atoms with Crippen LogP contribution in [-0.4, -0.2) is 106 Å². The Morgan fingerprint density at radius 2 is 1.57 bits per heavy atom. The quantitative estimate of drug-likeness (QED) is 0.244. The van der Waals surface area contributed by atoms with Crippen LogP contribution in [0.4, 0.5) is 0 Å². The Kier molecular flexibility index (Phi) is 10.2. The maximum absolute atomic E-state index is 12.6. The van der Waals surface area contributed by atoms with Gasteiger partial charge in [0.25, 0.3) is 0 Å². The van der Waals surface area contributed by atoms with E-state index in [-0.39, 0.29) is 17.3 Å². The van der Waals surface area contributed by atoms with Crippen molar-refractivity contribution in [3.05, 3.63) is 65.2 Å². The second-order valence-electron chi connectivity index (χ2n) is 12.9. The van der Waals surface area contributed by atoms with Gasteiger partial charge in [-0.2, -0.15) is 0 Å². The van der Waals surface area contributed by atoms with E-state index < -0.39 is 36.0 Å². The number of carboxylic acid groups (broad SMARTS) is 3. The summed E-state index contributed by atoms with van der Waals surface area (Å²) in [6.07, 6.45) is -1.06. The Hall–Kier alpha value is -4.72. The minimum atomic E-state index is -2.27. The molecule has 1 saturated carbocycles. The highest BCUT2D eigenvalue weighted by molar-refractivity contribution is 5.89. The zero-order chi connectivity index (χ0) is 35.8. The summed E-state index contributed by atoms with van der Waals surface area (Å²) in [6, 6.07) is 16.2. The molecule has 3 aromatic carbocycles. The molecule has 2 heterocycles. The lowest BCUT2D eigenvalue weighted by Gasteiger charge is -2.57. The normalized spacial score (nSPS) is 24.8. The third kappa shape index (κ3) is 6.41. The van der Waals surface area contributed by atoms with E-state index in [0.717, 1.165) is 59.4 Å². The number of fused-ring (bicyclic) bond motifs is 1. The third-order valence-corrected chi connectivity index (χ3v) is 10.3. The third-order valence-electron chi connectivity index (χ3n) is 10.3. The number of ether oxygens (including phenoxy) is 3. The molecule has 0 amide bonds. The van der Waals surface area contributed by atoms with Crippen molar-refractivity contribution in [2.45, 2.75) is 68.3 Å². The fourth-order valence-electron chi connectivity index (χ4n) is 7.72. The number of hydrogen-bond acceptors (Lipinski definition) is 10. The number of carbonyl (C=O) groups is 4. The Morgan fingerprint density at radius 3 is 2.18 bits per heavy atom. The van der Waals surface area contributed by atoms with E-state index in [2.05, 4.69) is 18.0 Å². The number of carboxylic acids is 3. The molecule has 7 rings (SSSR count). The predicted octanol–water partition coefficient (Wildman–Crippen LogP) is 2.85. The van der Waals surface area contributed by atoms with E-state index in [1.165, 1.54) is 11.1 Å². The molecule has 1 saturated heterocycles. The van der Waals surface area contributed by atoms with Gasteiger partial charge >= 0.3 is 17.9 Å². The Morgan fingerprint density at radius 1 is 0.918 bits per heavy atom. The van der Waals surface area contributed by atoms with E-state index in [4.69, 9.17) is 39.7 Å². The van der Waals surface area contributed by atoms with Gasteiger partial charge < -0.3 is 44.6 Å². The monoisotopic (exact) mass is 679 g/mol. The van der Waals surface area contributed by atoms with Crippen LogP contribution in [0, 0.1) is 5.92 Å². The van der Waals surface area contributed by atoms with Gasteiger partial charge in [0, 0.05) is 23.4 Å². The molecule has 5 N–H and O–H groups in total. The molecule has 0 unspecified atom stereocenters. The first-order valence-corrected chi connectivity index (χ1v) is 16.0. The number of Topliss-reactive ketones (excluding diaryl/α,β-unsaturated/α-hetero) is 1. The van der Waals surface area contributed by atoms with Crippen LogP contribution in [0.3, 0.4) is 0 Å². The first-order chi connectivity index (χ1) is 23.2. The number of methoxy groups -OCH3 is 2. The number of aliphatic hydroxyl groups excluding tert-OH is 2. The van der Waals surface area contributed by atoms with Gasteiger partial charge in [-0.3, -0.25) is 9.59 Å². The fourth-order valence-corrected chi connectivity index (χ4v) is 7.72. The summed E-state index contributed by atoms with van der Waals surface area (Å²) in [7, 11) is 5.54. The number of ketones is 1. The number of likely N-dealkylation sites (N-methyl/N-ethyl adjacent to an activating group) is 1. The minimum Gasteiger partial charge on any atom is -0.497 e. The number of benzene rings is 3. The largest absolute Gasteiger partial charge is 0.497 e. The molecule has 4 aliphatic rings. The smallest absolute Gasteiger partial charge is 0.335 e. The summed E-state index contributed by atoms with van der Waals surface area (Å²) in [5.41, 5.74) is 3.39. The molecule has 13 heteroatoms. The van der Waals surface area contributed by atoms with E-state index in [0.29, 0.717) is 18.4 Å². The van der Waals surface area contributed by atoms with E-state index in [9.17, 15) is 19.2 Å². The molecule has 2 aliphatic carbocycles. The average Bonchev–Trinajstić information content (AvgIpc) is 3.45. The summed E-state index contributed by atoms with van der Waals surface area (Å²) >= 11 is 0. The highest BCUT2D eigenvalue weighted by atomic mass is 16.5. The summed E-state index contributed by atoms with van der Waals surface area (Å²) in [4.78, 5) is 45.6. The van der Waals surface area contributed by atoms with Gasteiger partial charge in [-0.05, 0) is 85.8 Å². The lowest BCUT2D eigenvalue weighted by atomic mass is 9.52. The molecule has 13 nitrogen and oxygen atoms in total. The first-order valence-electron chi connectivity index (χ1n) is 16.0. The maximum atomic E-state index is 12.6. The number of likely N-dealkylation sites (tertiary alicyclic amines) is 1. The Balaban J connectivity index is 0.000000155. The molecule has 0 aromatic heterocycles. The molecular formula is C36H41NO12. The number of nitrogens with zero attached hydrogens (tertiary/aromatic N) is 1. The summed E-state index contributed by atoms with van der Waals surface area (Å²) < 4.78 is 16.9. The second-order valence-corrected chi connectivity index (χ2v) is 12.9. The molecule has 2 bridgehead atoms. The summed E-state index contributed by atoms with van der Waals surface area (Å²) in [5.74, 6) is -1.57. The zero-order valence-electron chi connectivity index (χ0n) is 27.7. The van der Waals surface area contributed by atoms with Crippen molar-refractivity contribution in [1.82, 2.24) is 4.90 Å². The van der Waals surface area contributed by atoms with Crippen molar-refractivity contribution in [1.29, 1.82) is 0 Å². The lowest BCUT2D eigenvalue weighted by molar-refractivity contribution is -0.165. The van der Waals surface area contributed by atoms with E-state index in [1.807, 2.05) is 42.5 Å². The van der Waals surface area contributed by atoms with Gasteiger partial charge in [0.15, 0.2) is 35.6 Å². The van der Waals surface area contributed by atoms with Crippen LogP contribution >= 0.6 is 0 Å². The van der Waals surface area contributed by atoms with Crippen molar-refractivity contribution in [3.63, 3.8) is 0 Å². The van der Waals surface area contributed by atoms with Gasteiger partial charge in [-0.1, -0.05) is 30.3 Å². The van der Waals surface area contributed by atoms with Crippen LogP contribution in [0.1, 0.15) is 48.8 Å². The molecule has 262 valence electrons. The van der Waals surface area contributed by atoms with Crippen molar-refractivity contribution >= 4 is 34.5 Å². The second kappa shape index (κ2) is 14.0. The molecule has 2 aliphatic heterocycles. The maximum Gasteiger partial charge on any atom is 0.335 e. The molecule has 2 fully saturated rings. The number of piperidine rings is 1. The molecule has 1 spiro atoms. The Labute approximate surface area is 282 Å². The number of aliphatic carboxylic acids is 3. The van der Waals surface area contributed by atoms with E-state index >= 15 is 0 Å². The average molecular weight is 680 g/mol. The van der Waals surface area contributed by atoms with Crippen LogP contribution in [-0.2, 0) is 31.0 Å².